The summed E-state index contributed by atoms with van der Waals surface area (Å²) < 4.78 is 23.9. The third-order valence-corrected chi connectivity index (χ3v) is 3.40. The number of nitrogens with one attached hydrogen (secondary N) is 1. The number of hydrogen-bond acceptors (Lipinski definition) is 3. The third-order valence-electron chi connectivity index (χ3n) is 3.40. The van der Waals surface area contributed by atoms with Crippen LogP contribution in [0.2, 0.25) is 0 Å². The van der Waals surface area contributed by atoms with Gasteiger partial charge in [0.05, 0.1) is 7.11 Å². The standard InChI is InChI=1S/C18H20FNO3/c1-13-5-3-4-6-16(13)23-12-18(21)20-10-9-14-7-8-17(22-2)15(19)11-14/h3-8,11H,9-10,12H2,1-2H3,(H,20,21). The van der Waals surface area contributed by atoms with E-state index in [1.807, 2.05) is 31.2 Å². The summed E-state index contributed by atoms with van der Waals surface area (Å²) in [5.41, 5.74) is 1.78. The molecule has 0 unspecified atom stereocenters. The van der Waals surface area contributed by atoms with E-state index in [0.717, 1.165) is 11.1 Å². The average molecular weight is 317 g/mol. The molecule has 0 saturated carbocycles. The molecule has 2 aromatic carbocycles. The Kier molecular flexibility index (Phi) is 5.97. The molecule has 0 heterocycles. The lowest BCUT2D eigenvalue weighted by molar-refractivity contribution is -0.123. The number of benzene rings is 2. The summed E-state index contributed by atoms with van der Waals surface area (Å²) in [7, 11) is 1.42. The van der Waals surface area contributed by atoms with Crippen molar-refractivity contribution < 1.29 is 18.7 Å². The summed E-state index contributed by atoms with van der Waals surface area (Å²) in [6.07, 6.45) is 0.539. The van der Waals surface area contributed by atoms with Crippen molar-refractivity contribution in [3.05, 3.63) is 59.4 Å². The van der Waals surface area contributed by atoms with Gasteiger partial charge < -0.3 is 14.8 Å². The van der Waals surface area contributed by atoms with Gasteiger partial charge in [-0.1, -0.05) is 24.3 Å². The van der Waals surface area contributed by atoms with Crippen LogP contribution in [0.3, 0.4) is 0 Å². The number of carbonyl (C=O) groups excluding carboxylic acids is 1. The zero-order chi connectivity index (χ0) is 16.7. The number of amides is 1. The number of aryl methyl sites for hydroxylation is 1. The Morgan fingerprint density at radius 1 is 1.17 bits per heavy atom. The van der Waals surface area contributed by atoms with Crippen molar-refractivity contribution in [1.82, 2.24) is 5.32 Å². The maximum atomic E-state index is 13.6. The van der Waals surface area contributed by atoms with Crippen LogP contribution < -0.4 is 14.8 Å². The lowest BCUT2D eigenvalue weighted by atomic mass is 10.1. The summed E-state index contributed by atoms with van der Waals surface area (Å²) >= 11 is 0. The fraction of sp³-hybridized carbons (Fsp3) is 0.278. The molecule has 0 saturated heterocycles. The molecule has 0 radical (unpaired) electrons. The molecule has 5 heteroatoms. The van der Waals surface area contributed by atoms with Gasteiger partial charge in [0.15, 0.2) is 18.2 Å². The van der Waals surface area contributed by atoms with Crippen LogP contribution >= 0.6 is 0 Å². The third kappa shape index (κ3) is 4.98. The highest BCUT2D eigenvalue weighted by Gasteiger charge is 2.06. The fourth-order valence-corrected chi connectivity index (χ4v) is 2.12. The van der Waals surface area contributed by atoms with E-state index >= 15 is 0 Å². The van der Waals surface area contributed by atoms with Crippen molar-refractivity contribution in [2.24, 2.45) is 0 Å². The van der Waals surface area contributed by atoms with Crippen molar-refractivity contribution in [2.75, 3.05) is 20.3 Å². The summed E-state index contributed by atoms with van der Waals surface area (Å²) in [6.45, 7) is 2.30. The number of para-hydroxylation sites is 1. The largest absolute Gasteiger partial charge is 0.494 e. The molecule has 0 aliphatic carbocycles. The number of rotatable bonds is 7. The van der Waals surface area contributed by atoms with Crippen molar-refractivity contribution in [3.63, 3.8) is 0 Å². The van der Waals surface area contributed by atoms with Gasteiger partial charge in [-0.05, 0) is 42.7 Å². The number of hydrogen-bond donors (Lipinski definition) is 1. The fourth-order valence-electron chi connectivity index (χ4n) is 2.12. The van der Waals surface area contributed by atoms with E-state index in [9.17, 15) is 9.18 Å². The Bertz CT molecular complexity index is 673. The Morgan fingerprint density at radius 2 is 1.96 bits per heavy atom. The van der Waals surface area contributed by atoms with Gasteiger partial charge in [-0.25, -0.2) is 4.39 Å². The van der Waals surface area contributed by atoms with Crippen LogP contribution in [0, 0.1) is 12.7 Å². The Hall–Kier alpha value is -2.56. The second-order valence-electron chi connectivity index (χ2n) is 5.12. The van der Waals surface area contributed by atoms with Crippen LogP contribution in [-0.4, -0.2) is 26.2 Å². The molecular weight excluding hydrogens is 297 g/mol. The highest BCUT2D eigenvalue weighted by atomic mass is 19.1. The second kappa shape index (κ2) is 8.17. The maximum absolute atomic E-state index is 13.6. The molecule has 0 aliphatic heterocycles. The molecule has 0 spiro atoms. The molecule has 0 atom stereocenters. The Labute approximate surface area is 135 Å². The van der Waals surface area contributed by atoms with Gasteiger partial charge >= 0.3 is 0 Å². The molecule has 2 rings (SSSR count). The molecule has 23 heavy (non-hydrogen) atoms. The average Bonchev–Trinajstić information content (AvgIpc) is 2.54. The van der Waals surface area contributed by atoms with E-state index in [1.165, 1.54) is 13.2 Å². The van der Waals surface area contributed by atoms with Gasteiger partial charge in [0, 0.05) is 6.54 Å². The minimum atomic E-state index is -0.404. The van der Waals surface area contributed by atoms with Crippen molar-refractivity contribution >= 4 is 5.91 Å². The first kappa shape index (κ1) is 16.8. The summed E-state index contributed by atoms with van der Waals surface area (Å²) in [6, 6.07) is 12.3. The maximum Gasteiger partial charge on any atom is 0.257 e. The van der Waals surface area contributed by atoms with E-state index in [0.29, 0.717) is 18.7 Å². The molecular formula is C18H20FNO3. The molecule has 0 aromatic heterocycles. The highest BCUT2D eigenvalue weighted by Crippen LogP contribution is 2.18. The lowest BCUT2D eigenvalue weighted by Gasteiger charge is -2.09. The van der Waals surface area contributed by atoms with Crippen molar-refractivity contribution in [3.8, 4) is 11.5 Å². The SMILES string of the molecule is COc1ccc(CCNC(=O)COc2ccccc2C)cc1F. The van der Waals surface area contributed by atoms with E-state index < -0.39 is 5.82 Å². The van der Waals surface area contributed by atoms with E-state index in [1.54, 1.807) is 12.1 Å². The molecule has 122 valence electrons. The first-order chi connectivity index (χ1) is 11.1. The number of halogens is 1. The zero-order valence-electron chi connectivity index (χ0n) is 13.3. The van der Waals surface area contributed by atoms with Crippen molar-refractivity contribution in [2.45, 2.75) is 13.3 Å². The van der Waals surface area contributed by atoms with E-state index in [2.05, 4.69) is 5.32 Å². The molecule has 1 amide bonds. The monoisotopic (exact) mass is 317 g/mol. The summed E-state index contributed by atoms with van der Waals surface area (Å²) in [5.74, 6) is 0.297. The number of ether oxygens (including phenoxy) is 2. The smallest absolute Gasteiger partial charge is 0.257 e. The second-order valence-corrected chi connectivity index (χ2v) is 5.12. The quantitative estimate of drug-likeness (QED) is 0.854. The topological polar surface area (TPSA) is 47.6 Å². The van der Waals surface area contributed by atoms with Crippen LogP contribution in [0.25, 0.3) is 0 Å². The van der Waals surface area contributed by atoms with Gasteiger partial charge in [0.1, 0.15) is 5.75 Å². The number of methoxy groups -OCH3 is 1. The van der Waals surface area contributed by atoms with E-state index in [4.69, 9.17) is 9.47 Å². The molecule has 4 nitrogen and oxygen atoms in total. The lowest BCUT2D eigenvalue weighted by Crippen LogP contribution is -2.30. The summed E-state index contributed by atoms with van der Waals surface area (Å²) in [5, 5.41) is 2.75. The molecule has 2 aromatic rings. The van der Waals surface area contributed by atoms with Crippen LogP contribution in [0.15, 0.2) is 42.5 Å². The molecule has 0 aliphatic rings. The Balaban J connectivity index is 1.74. The van der Waals surface area contributed by atoms with Gasteiger partial charge in [0.25, 0.3) is 5.91 Å². The highest BCUT2D eigenvalue weighted by molar-refractivity contribution is 5.77. The Morgan fingerprint density at radius 3 is 2.65 bits per heavy atom. The van der Waals surface area contributed by atoms with Crippen LogP contribution in [-0.2, 0) is 11.2 Å². The predicted molar refractivity (Wildman–Crippen MR) is 86.3 cm³/mol. The summed E-state index contributed by atoms with van der Waals surface area (Å²) in [4.78, 5) is 11.8. The van der Waals surface area contributed by atoms with Gasteiger partial charge in [-0.15, -0.1) is 0 Å². The first-order valence-corrected chi connectivity index (χ1v) is 7.37. The van der Waals surface area contributed by atoms with Crippen LogP contribution in [0.5, 0.6) is 11.5 Å². The minimum Gasteiger partial charge on any atom is -0.494 e. The van der Waals surface area contributed by atoms with Crippen LogP contribution in [0.4, 0.5) is 4.39 Å². The molecule has 0 bridgehead atoms. The molecule has 1 N–H and O–H groups in total. The zero-order valence-corrected chi connectivity index (χ0v) is 13.3. The van der Waals surface area contributed by atoms with E-state index in [-0.39, 0.29) is 18.3 Å². The minimum absolute atomic E-state index is 0.0399. The van der Waals surface area contributed by atoms with Gasteiger partial charge in [-0.2, -0.15) is 0 Å². The normalized spacial score (nSPS) is 10.2. The van der Waals surface area contributed by atoms with Crippen LogP contribution in [0.1, 0.15) is 11.1 Å². The molecule has 0 fully saturated rings. The number of carbonyl (C=O) groups is 1. The van der Waals surface area contributed by atoms with Gasteiger partial charge in [-0.3, -0.25) is 4.79 Å². The predicted octanol–water partition coefficient (Wildman–Crippen LogP) is 2.88. The van der Waals surface area contributed by atoms with Crippen molar-refractivity contribution in [1.29, 1.82) is 0 Å². The van der Waals surface area contributed by atoms with Gasteiger partial charge in [0.2, 0.25) is 0 Å². The first-order valence-electron chi connectivity index (χ1n) is 7.37.